The highest BCUT2D eigenvalue weighted by Crippen LogP contribution is 2.47. The predicted octanol–water partition coefficient (Wildman–Crippen LogP) is 4.61. The van der Waals surface area contributed by atoms with Crippen molar-refractivity contribution in [3.05, 3.63) is 53.2 Å². The largest absolute Gasteiger partial charge is 0.330 e. The van der Waals surface area contributed by atoms with Crippen molar-refractivity contribution in [2.75, 3.05) is 17.2 Å². The van der Waals surface area contributed by atoms with Crippen molar-refractivity contribution in [1.82, 2.24) is 9.88 Å². The third kappa shape index (κ3) is 4.12. The van der Waals surface area contributed by atoms with Crippen LogP contribution in [-0.4, -0.2) is 40.2 Å². The Bertz CT molecular complexity index is 1270. The van der Waals surface area contributed by atoms with Crippen LogP contribution in [0.5, 0.6) is 0 Å². The highest BCUT2D eigenvalue weighted by molar-refractivity contribution is 6.06. The molecule has 2 N–H and O–H groups in total. The number of nitrogens with zero attached hydrogens (tertiary/aromatic N) is 2. The lowest BCUT2D eigenvalue weighted by atomic mass is 9.73. The summed E-state index contributed by atoms with van der Waals surface area (Å²) in [4.78, 5) is 45.9. The van der Waals surface area contributed by atoms with Gasteiger partial charge in [0.05, 0.1) is 5.41 Å². The van der Waals surface area contributed by atoms with E-state index >= 15 is 0 Å². The van der Waals surface area contributed by atoms with Gasteiger partial charge < -0.3 is 15.5 Å². The summed E-state index contributed by atoms with van der Waals surface area (Å²) in [5.41, 5.74) is 2.79. The Hall–Kier alpha value is -3.22. The molecule has 3 heterocycles. The zero-order valence-corrected chi connectivity index (χ0v) is 21.8. The van der Waals surface area contributed by atoms with Gasteiger partial charge in [0.25, 0.3) is 0 Å². The van der Waals surface area contributed by atoms with Crippen molar-refractivity contribution in [3.8, 4) is 0 Å². The van der Waals surface area contributed by atoms with Crippen LogP contribution in [0.15, 0.2) is 36.5 Å². The molecule has 2 aliphatic carbocycles. The highest BCUT2D eigenvalue weighted by atomic mass is 16.2. The van der Waals surface area contributed by atoms with Gasteiger partial charge >= 0.3 is 0 Å². The molecule has 3 amide bonds. The number of likely N-dealkylation sites (tertiary alicyclic amines) is 1. The molecule has 1 saturated heterocycles. The lowest BCUT2D eigenvalue weighted by Crippen LogP contribution is -2.56. The quantitative estimate of drug-likeness (QED) is 0.642. The van der Waals surface area contributed by atoms with E-state index in [2.05, 4.69) is 15.6 Å². The maximum Gasteiger partial charge on any atom is 0.244 e. The minimum Gasteiger partial charge on any atom is -0.330 e. The number of hydrogen-bond donors (Lipinski definition) is 2. The molecule has 1 spiro atoms. The minimum atomic E-state index is -0.631. The SMILES string of the molecule is CC1(C)CC[C@@H](C2CCCCC2)N(CC(=O)Nc2ccc3c(c2)CC2(C3)C(=O)Nc3ncccc32)C1=O. The third-order valence-electron chi connectivity index (χ3n) is 9.28. The summed E-state index contributed by atoms with van der Waals surface area (Å²) < 4.78 is 0. The van der Waals surface area contributed by atoms with E-state index in [1.807, 2.05) is 49.1 Å². The average Bonchev–Trinajstić information content (AvgIpc) is 3.40. The molecule has 2 aromatic rings. The molecule has 1 aromatic carbocycles. The number of fused-ring (bicyclic) bond motifs is 3. The summed E-state index contributed by atoms with van der Waals surface area (Å²) in [7, 11) is 0. The van der Waals surface area contributed by atoms with Gasteiger partial charge in [-0.15, -0.1) is 0 Å². The van der Waals surface area contributed by atoms with Gasteiger partial charge in [0, 0.05) is 28.9 Å². The molecule has 7 heteroatoms. The van der Waals surface area contributed by atoms with Crippen LogP contribution in [-0.2, 0) is 32.6 Å². The number of hydrogen-bond acceptors (Lipinski definition) is 4. The Morgan fingerprint density at radius 2 is 1.86 bits per heavy atom. The van der Waals surface area contributed by atoms with Crippen LogP contribution in [0.1, 0.15) is 75.5 Å². The highest BCUT2D eigenvalue weighted by Gasteiger charge is 2.51. The number of rotatable bonds is 4. The first kappa shape index (κ1) is 24.1. The zero-order valence-electron chi connectivity index (χ0n) is 21.8. The van der Waals surface area contributed by atoms with E-state index in [-0.39, 0.29) is 30.3 Å². The lowest BCUT2D eigenvalue weighted by molar-refractivity contribution is -0.152. The normalized spacial score (nSPS) is 26.6. The van der Waals surface area contributed by atoms with E-state index in [1.54, 1.807) is 6.20 Å². The molecule has 0 radical (unpaired) electrons. The predicted molar refractivity (Wildman–Crippen MR) is 142 cm³/mol. The van der Waals surface area contributed by atoms with Crippen molar-refractivity contribution in [3.63, 3.8) is 0 Å². The van der Waals surface area contributed by atoms with Gasteiger partial charge in [-0.25, -0.2) is 4.98 Å². The molecule has 6 rings (SSSR count). The molecule has 0 bridgehead atoms. The standard InChI is InChI=1S/C30H36N4O3/c1-29(2)13-12-24(19-7-4-3-5-8-19)34(28(29)37)18-25(35)32-22-11-10-20-16-30(17-21(20)15-22)23-9-6-14-31-26(23)33-27(30)36/h6,9-11,14-15,19,24H,3-5,7-8,12-13,16-18H2,1-2H3,(H,32,35)(H,31,33,36)/t24-,30?/m0/s1. The first-order valence-electron chi connectivity index (χ1n) is 13.8. The number of benzene rings is 1. The van der Waals surface area contributed by atoms with E-state index in [4.69, 9.17) is 0 Å². The maximum absolute atomic E-state index is 13.4. The van der Waals surface area contributed by atoms with E-state index in [0.29, 0.717) is 30.3 Å². The molecule has 7 nitrogen and oxygen atoms in total. The minimum absolute atomic E-state index is 0.0111. The molecular weight excluding hydrogens is 464 g/mol. The van der Waals surface area contributed by atoms with Crippen molar-refractivity contribution in [2.45, 2.75) is 83.1 Å². The van der Waals surface area contributed by atoms with E-state index < -0.39 is 10.8 Å². The van der Waals surface area contributed by atoms with Crippen LogP contribution in [0.25, 0.3) is 0 Å². The number of anilines is 2. The fraction of sp³-hybridized carbons (Fsp3) is 0.533. The molecule has 1 aromatic heterocycles. The monoisotopic (exact) mass is 500 g/mol. The second-order valence-corrected chi connectivity index (χ2v) is 12.1. The first-order chi connectivity index (χ1) is 17.8. The van der Waals surface area contributed by atoms with E-state index in [9.17, 15) is 14.4 Å². The zero-order chi connectivity index (χ0) is 25.8. The fourth-order valence-corrected chi connectivity index (χ4v) is 7.21. The summed E-state index contributed by atoms with van der Waals surface area (Å²) in [6.45, 7) is 4.09. The van der Waals surface area contributed by atoms with Gasteiger partial charge in [0.1, 0.15) is 12.4 Å². The number of carbonyl (C=O) groups excluding carboxylic acids is 3. The van der Waals surface area contributed by atoms with Crippen molar-refractivity contribution < 1.29 is 14.4 Å². The smallest absolute Gasteiger partial charge is 0.244 e. The third-order valence-corrected chi connectivity index (χ3v) is 9.28. The van der Waals surface area contributed by atoms with Crippen LogP contribution in [0.2, 0.25) is 0 Å². The fourth-order valence-electron chi connectivity index (χ4n) is 7.21. The van der Waals surface area contributed by atoms with Crippen molar-refractivity contribution >= 4 is 29.2 Å². The summed E-state index contributed by atoms with van der Waals surface area (Å²) in [6, 6.07) is 9.92. The summed E-state index contributed by atoms with van der Waals surface area (Å²) >= 11 is 0. The molecule has 2 aliphatic heterocycles. The van der Waals surface area contributed by atoms with Crippen LogP contribution in [0, 0.1) is 11.3 Å². The van der Waals surface area contributed by atoms with Gasteiger partial charge in [-0.3, -0.25) is 14.4 Å². The number of piperidine rings is 1. The number of nitrogens with one attached hydrogen (secondary N) is 2. The van der Waals surface area contributed by atoms with Crippen LogP contribution >= 0.6 is 0 Å². The van der Waals surface area contributed by atoms with Crippen molar-refractivity contribution in [1.29, 1.82) is 0 Å². The first-order valence-corrected chi connectivity index (χ1v) is 13.8. The second kappa shape index (κ2) is 8.96. The van der Waals surface area contributed by atoms with Gasteiger partial charge in [0.15, 0.2) is 0 Å². The summed E-state index contributed by atoms with van der Waals surface area (Å²) in [5.74, 6) is 1.07. The number of pyridine rings is 1. The molecule has 4 aliphatic rings. The van der Waals surface area contributed by atoms with Gasteiger partial charge in [0.2, 0.25) is 17.7 Å². The Labute approximate surface area is 218 Å². The summed E-state index contributed by atoms with van der Waals surface area (Å²) in [5, 5.41) is 6.00. The van der Waals surface area contributed by atoms with E-state index in [0.717, 1.165) is 42.4 Å². The van der Waals surface area contributed by atoms with Crippen molar-refractivity contribution in [2.24, 2.45) is 11.3 Å². The average molecular weight is 501 g/mol. The number of amides is 3. The number of aromatic nitrogens is 1. The Balaban J connectivity index is 1.18. The van der Waals surface area contributed by atoms with Crippen LogP contribution in [0.4, 0.5) is 11.5 Å². The molecular formula is C30H36N4O3. The Morgan fingerprint density at radius 3 is 2.68 bits per heavy atom. The van der Waals surface area contributed by atoms with Gasteiger partial charge in [-0.1, -0.05) is 45.2 Å². The topological polar surface area (TPSA) is 91.4 Å². The molecule has 1 unspecified atom stereocenters. The van der Waals surface area contributed by atoms with Gasteiger partial charge in [-0.05, 0) is 73.8 Å². The molecule has 37 heavy (non-hydrogen) atoms. The Kier molecular flexibility index (Phi) is 5.85. The Morgan fingerprint density at radius 1 is 1.08 bits per heavy atom. The van der Waals surface area contributed by atoms with E-state index in [1.165, 1.54) is 19.3 Å². The molecule has 2 fully saturated rings. The molecule has 2 atom stereocenters. The second-order valence-electron chi connectivity index (χ2n) is 12.1. The number of carbonyl (C=O) groups is 3. The van der Waals surface area contributed by atoms with Crippen LogP contribution < -0.4 is 10.6 Å². The molecule has 1 saturated carbocycles. The summed E-state index contributed by atoms with van der Waals surface area (Å²) in [6.07, 6.45) is 10.8. The lowest BCUT2D eigenvalue weighted by Gasteiger charge is -2.46. The van der Waals surface area contributed by atoms with Crippen LogP contribution in [0.3, 0.4) is 0 Å². The molecule has 194 valence electrons. The maximum atomic E-state index is 13.4. The van der Waals surface area contributed by atoms with Gasteiger partial charge in [-0.2, -0.15) is 0 Å².